The molecule has 0 aromatic heterocycles. The fraction of sp³-hybridized carbons (Fsp3) is 0.588. The number of benzene rings is 1. The maximum absolute atomic E-state index is 10.2. The maximum Gasteiger partial charge on any atom is 0.132 e. The number of ketones is 1. The zero-order valence-electron chi connectivity index (χ0n) is 12.8. The summed E-state index contributed by atoms with van der Waals surface area (Å²) >= 11 is 0. The van der Waals surface area contributed by atoms with Crippen molar-refractivity contribution in [3.05, 3.63) is 35.4 Å². The van der Waals surface area contributed by atoms with Crippen LogP contribution in [0.1, 0.15) is 77.3 Å². The number of carbonyl (C=O) groups excluding carboxylic acids is 1. The summed E-state index contributed by atoms with van der Waals surface area (Å²) < 4.78 is 0. The molecule has 1 aromatic rings. The topological polar surface area (TPSA) is 17.1 Å². The minimum Gasteiger partial charge on any atom is -0.300 e. The van der Waals surface area contributed by atoms with Crippen LogP contribution in [-0.4, -0.2) is 5.78 Å². The predicted molar refractivity (Wildman–Crippen MR) is 80.2 cm³/mol. The lowest BCUT2D eigenvalue weighted by Gasteiger charge is -2.14. The van der Waals surface area contributed by atoms with Gasteiger partial charge in [-0.25, -0.2) is 0 Å². The van der Waals surface area contributed by atoms with Gasteiger partial charge < -0.3 is 0 Å². The Balaban J connectivity index is 0.000000411. The van der Waals surface area contributed by atoms with Crippen LogP contribution in [0.25, 0.3) is 0 Å². The molecule has 0 aliphatic carbocycles. The summed E-state index contributed by atoms with van der Waals surface area (Å²) in [5.74, 6) is 1.63. The first-order chi connectivity index (χ1) is 8.43. The van der Waals surface area contributed by atoms with E-state index in [2.05, 4.69) is 52.0 Å². The molecule has 0 saturated carbocycles. The molecular formula is C17H28O. The average Bonchev–Trinajstić information content (AvgIpc) is 2.38. The number of hydrogen-bond acceptors (Lipinski definition) is 1. The first kappa shape index (κ1) is 16.9. The van der Waals surface area contributed by atoms with Crippen LogP contribution in [-0.2, 0) is 4.79 Å². The summed E-state index contributed by atoms with van der Waals surface area (Å²) in [7, 11) is 0. The van der Waals surface area contributed by atoms with Crippen molar-refractivity contribution in [1.29, 1.82) is 0 Å². The second kappa shape index (κ2) is 8.91. The Morgan fingerprint density at radius 1 is 0.889 bits per heavy atom. The van der Waals surface area contributed by atoms with Gasteiger partial charge in [-0.1, -0.05) is 65.8 Å². The van der Waals surface area contributed by atoms with Gasteiger partial charge in [0.25, 0.3) is 0 Å². The molecule has 0 atom stereocenters. The molecule has 0 unspecified atom stereocenters. The van der Waals surface area contributed by atoms with Crippen molar-refractivity contribution in [2.75, 3.05) is 0 Å². The van der Waals surface area contributed by atoms with E-state index in [4.69, 9.17) is 0 Å². The molecule has 0 amide bonds. The van der Waals surface area contributed by atoms with Crippen molar-refractivity contribution in [2.24, 2.45) is 0 Å². The Labute approximate surface area is 113 Å². The van der Waals surface area contributed by atoms with Gasteiger partial charge in [0.15, 0.2) is 0 Å². The van der Waals surface area contributed by atoms with Gasteiger partial charge in [-0.05, 0) is 23.0 Å². The summed E-state index contributed by atoms with van der Waals surface area (Å²) in [5, 5.41) is 0. The number of hydrogen-bond donors (Lipinski definition) is 0. The Kier molecular flexibility index (Phi) is 8.36. The van der Waals surface area contributed by atoms with Crippen LogP contribution >= 0.6 is 0 Å². The third kappa shape index (κ3) is 6.00. The highest BCUT2D eigenvalue weighted by Gasteiger charge is 2.07. The van der Waals surface area contributed by atoms with E-state index in [-0.39, 0.29) is 0 Å². The molecule has 1 heteroatoms. The molecule has 0 radical (unpaired) electrons. The third-order valence-electron chi connectivity index (χ3n) is 3.03. The molecule has 0 heterocycles. The van der Waals surface area contributed by atoms with E-state index in [1.54, 1.807) is 0 Å². The minimum atomic E-state index is 0.343. The third-order valence-corrected chi connectivity index (χ3v) is 3.03. The highest BCUT2D eigenvalue weighted by Crippen LogP contribution is 2.25. The molecule has 0 fully saturated rings. The fourth-order valence-corrected chi connectivity index (χ4v) is 1.81. The molecule has 0 N–H and O–H groups in total. The van der Waals surface area contributed by atoms with Gasteiger partial charge in [0.2, 0.25) is 0 Å². The van der Waals surface area contributed by atoms with Gasteiger partial charge >= 0.3 is 0 Å². The van der Waals surface area contributed by atoms with E-state index in [1.165, 1.54) is 11.1 Å². The first-order valence-electron chi connectivity index (χ1n) is 7.04. The Bertz CT molecular complexity index is 317. The zero-order chi connectivity index (χ0) is 14.1. The lowest BCUT2D eigenvalue weighted by atomic mass is 9.91. The molecule has 0 saturated heterocycles. The van der Waals surface area contributed by atoms with Crippen LogP contribution in [0.3, 0.4) is 0 Å². The standard InChI is InChI=1S/C12H18.C5H10O/c1-9(2)11-7-5-6-8-12(11)10(3)4;1-3-5(6)4-2/h5-10H,1-4H3;3-4H2,1-2H3. The molecule has 0 aliphatic heterocycles. The van der Waals surface area contributed by atoms with Crippen LogP contribution in [0.5, 0.6) is 0 Å². The lowest BCUT2D eigenvalue weighted by molar-refractivity contribution is -0.118. The maximum atomic E-state index is 10.2. The quantitative estimate of drug-likeness (QED) is 0.705. The van der Waals surface area contributed by atoms with Gasteiger partial charge in [0.1, 0.15) is 5.78 Å². The average molecular weight is 248 g/mol. The normalized spacial score (nSPS) is 10.2. The summed E-state index contributed by atoms with van der Waals surface area (Å²) in [6, 6.07) is 8.72. The molecular weight excluding hydrogens is 220 g/mol. The van der Waals surface area contributed by atoms with Gasteiger partial charge in [-0.2, -0.15) is 0 Å². The van der Waals surface area contributed by atoms with Gasteiger partial charge in [-0.15, -0.1) is 0 Å². The van der Waals surface area contributed by atoms with Crippen molar-refractivity contribution >= 4 is 5.78 Å². The van der Waals surface area contributed by atoms with E-state index in [0.717, 1.165) is 0 Å². The van der Waals surface area contributed by atoms with Gasteiger partial charge in [0.05, 0.1) is 0 Å². The molecule has 0 spiro atoms. The summed E-state index contributed by atoms with van der Waals surface area (Å²) in [6.45, 7) is 12.8. The monoisotopic (exact) mass is 248 g/mol. The fourth-order valence-electron chi connectivity index (χ4n) is 1.81. The van der Waals surface area contributed by atoms with Gasteiger partial charge in [-0.3, -0.25) is 4.79 Å². The summed E-state index contributed by atoms with van der Waals surface area (Å²) in [4.78, 5) is 10.2. The van der Waals surface area contributed by atoms with Crippen molar-refractivity contribution in [1.82, 2.24) is 0 Å². The van der Waals surface area contributed by atoms with Crippen molar-refractivity contribution in [2.45, 2.75) is 66.2 Å². The van der Waals surface area contributed by atoms with E-state index < -0.39 is 0 Å². The summed E-state index contributed by atoms with van der Waals surface area (Å²) in [6.07, 6.45) is 1.38. The lowest BCUT2D eigenvalue weighted by Crippen LogP contribution is -1.97. The van der Waals surface area contributed by atoms with Crippen LogP contribution < -0.4 is 0 Å². The second-order valence-electron chi connectivity index (χ2n) is 5.18. The van der Waals surface area contributed by atoms with Crippen LogP contribution in [0.4, 0.5) is 0 Å². The van der Waals surface area contributed by atoms with E-state index >= 15 is 0 Å². The largest absolute Gasteiger partial charge is 0.300 e. The van der Waals surface area contributed by atoms with Crippen molar-refractivity contribution < 1.29 is 4.79 Å². The zero-order valence-corrected chi connectivity index (χ0v) is 12.8. The smallest absolute Gasteiger partial charge is 0.132 e. The molecule has 1 aromatic carbocycles. The van der Waals surface area contributed by atoms with E-state index in [0.29, 0.717) is 30.5 Å². The van der Waals surface area contributed by atoms with Crippen LogP contribution in [0, 0.1) is 0 Å². The van der Waals surface area contributed by atoms with Gasteiger partial charge in [0, 0.05) is 12.8 Å². The summed E-state index contributed by atoms with van der Waals surface area (Å²) in [5.41, 5.74) is 2.99. The number of rotatable bonds is 4. The van der Waals surface area contributed by atoms with E-state index in [9.17, 15) is 4.79 Å². The number of Topliss-reactive ketones (excluding diaryl/α,β-unsaturated/α-hetero) is 1. The van der Waals surface area contributed by atoms with Crippen LogP contribution in [0.15, 0.2) is 24.3 Å². The molecule has 102 valence electrons. The predicted octanol–water partition coefficient (Wildman–Crippen LogP) is 5.31. The SMILES string of the molecule is CC(C)c1ccccc1C(C)C.CCC(=O)CC. The Morgan fingerprint density at radius 3 is 1.39 bits per heavy atom. The first-order valence-corrected chi connectivity index (χ1v) is 7.04. The van der Waals surface area contributed by atoms with E-state index in [1.807, 2.05) is 13.8 Å². The molecule has 18 heavy (non-hydrogen) atoms. The van der Waals surface area contributed by atoms with Crippen molar-refractivity contribution in [3.8, 4) is 0 Å². The highest BCUT2D eigenvalue weighted by molar-refractivity contribution is 5.77. The number of carbonyl (C=O) groups is 1. The minimum absolute atomic E-state index is 0.343. The Hall–Kier alpha value is -1.11. The molecule has 0 aliphatic rings. The molecule has 1 rings (SSSR count). The molecule has 0 bridgehead atoms. The highest BCUT2D eigenvalue weighted by atomic mass is 16.1. The Morgan fingerprint density at radius 2 is 1.22 bits per heavy atom. The second-order valence-corrected chi connectivity index (χ2v) is 5.18. The van der Waals surface area contributed by atoms with Crippen LogP contribution in [0.2, 0.25) is 0 Å². The van der Waals surface area contributed by atoms with Crippen molar-refractivity contribution in [3.63, 3.8) is 0 Å². The molecule has 1 nitrogen and oxygen atoms in total.